The summed E-state index contributed by atoms with van der Waals surface area (Å²) >= 11 is 0. The minimum atomic E-state index is -0.202. The third-order valence-electron chi connectivity index (χ3n) is 5.40. The van der Waals surface area contributed by atoms with Crippen molar-refractivity contribution in [1.29, 1.82) is 0 Å². The van der Waals surface area contributed by atoms with E-state index in [9.17, 15) is 9.59 Å². The molecule has 0 bridgehead atoms. The van der Waals surface area contributed by atoms with Gasteiger partial charge in [0.2, 0.25) is 5.95 Å². The smallest absolute Gasteiger partial charge is 0.257 e. The molecule has 0 aromatic carbocycles. The van der Waals surface area contributed by atoms with Crippen LogP contribution in [0, 0.1) is 0 Å². The van der Waals surface area contributed by atoms with Crippen LogP contribution in [0.1, 0.15) is 46.2 Å². The summed E-state index contributed by atoms with van der Waals surface area (Å²) in [4.78, 5) is 33.9. The van der Waals surface area contributed by atoms with Gasteiger partial charge in [-0.25, -0.2) is 4.52 Å². The third kappa shape index (κ3) is 3.59. The number of nitrogens with zero attached hydrogens (tertiary/aromatic N) is 7. The molecule has 1 amide bonds. The fourth-order valence-electron chi connectivity index (χ4n) is 3.62. The molecule has 1 fully saturated rings. The van der Waals surface area contributed by atoms with Gasteiger partial charge in [-0.05, 0) is 37.5 Å². The van der Waals surface area contributed by atoms with Gasteiger partial charge >= 0.3 is 0 Å². The van der Waals surface area contributed by atoms with Crippen molar-refractivity contribution in [2.45, 2.75) is 26.2 Å². The van der Waals surface area contributed by atoms with E-state index >= 15 is 0 Å². The average molecular weight is 395 g/mol. The van der Waals surface area contributed by atoms with Crippen molar-refractivity contribution in [1.82, 2.24) is 29.3 Å². The second kappa shape index (κ2) is 7.65. The molecule has 0 radical (unpaired) electrons. The summed E-state index contributed by atoms with van der Waals surface area (Å²) in [6.45, 7) is 4.40. The van der Waals surface area contributed by atoms with Gasteiger partial charge < -0.3 is 9.80 Å². The van der Waals surface area contributed by atoms with E-state index in [1.807, 2.05) is 25.3 Å². The van der Waals surface area contributed by atoms with E-state index in [1.54, 1.807) is 23.5 Å². The van der Waals surface area contributed by atoms with Gasteiger partial charge in [-0.3, -0.25) is 14.3 Å². The zero-order valence-electron chi connectivity index (χ0n) is 17.0. The number of ketones is 1. The summed E-state index contributed by atoms with van der Waals surface area (Å²) in [6.07, 6.45) is 5.77. The SMILES string of the molecule is CCN(C)C(=O)c1cnn(C)c1C(=O)Cc1ccn2nc(N3CCCC3)nc2c1. The molecule has 0 aliphatic carbocycles. The van der Waals surface area contributed by atoms with Gasteiger partial charge in [-0.1, -0.05) is 0 Å². The van der Waals surface area contributed by atoms with E-state index in [-0.39, 0.29) is 18.1 Å². The Bertz CT molecular complexity index is 1060. The Balaban J connectivity index is 1.58. The molecule has 0 atom stereocenters. The summed E-state index contributed by atoms with van der Waals surface area (Å²) in [6, 6.07) is 3.74. The molecule has 1 aliphatic heterocycles. The van der Waals surface area contributed by atoms with Crippen molar-refractivity contribution in [3.05, 3.63) is 41.3 Å². The Morgan fingerprint density at radius 3 is 2.72 bits per heavy atom. The Labute approximate surface area is 168 Å². The van der Waals surface area contributed by atoms with Crippen LogP contribution in [0.4, 0.5) is 5.95 Å². The lowest BCUT2D eigenvalue weighted by atomic mass is 10.0. The van der Waals surface area contributed by atoms with Gasteiger partial charge in [0.15, 0.2) is 11.4 Å². The zero-order valence-corrected chi connectivity index (χ0v) is 17.0. The largest absolute Gasteiger partial charge is 0.342 e. The van der Waals surface area contributed by atoms with Gasteiger partial charge in [0.1, 0.15) is 5.69 Å². The van der Waals surface area contributed by atoms with Crippen LogP contribution in [0.25, 0.3) is 5.65 Å². The minimum Gasteiger partial charge on any atom is -0.342 e. The Kier molecular flexibility index (Phi) is 5.04. The summed E-state index contributed by atoms with van der Waals surface area (Å²) in [5, 5.41) is 8.66. The molecule has 152 valence electrons. The van der Waals surface area contributed by atoms with Crippen molar-refractivity contribution in [2.75, 3.05) is 31.6 Å². The van der Waals surface area contributed by atoms with Crippen LogP contribution in [0.5, 0.6) is 0 Å². The van der Waals surface area contributed by atoms with Crippen molar-refractivity contribution in [3.63, 3.8) is 0 Å². The molecule has 0 unspecified atom stereocenters. The van der Waals surface area contributed by atoms with E-state index in [2.05, 4.69) is 20.1 Å². The molecule has 3 aromatic rings. The molecule has 1 aliphatic rings. The molecule has 1 saturated heterocycles. The number of hydrogen-bond acceptors (Lipinski definition) is 6. The highest BCUT2D eigenvalue weighted by atomic mass is 16.2. The predicted octanol–water partition coefficient (Wildman–Crippen LogP) is 1.58. The van der Waals surface area contributed by atoms with E-state index in [0.29, 0.717) is 23.4 Å². The fourth-order valence-corrected chi connectivity index (χ4v) is 3.62. The number of carbonyl (C=O) groups excluding carboxylic acids is 2. The lowest BCUT2D eigenvalue weighted by molar-refractivity contribution is 0.0795. The predicted molar refractivity (Wildman–Crippen MR) is 108 cm³/mol. The molecule has 0 saturated carbocycles. The lowest BCUT2D eigenvalue weighted by Gasteiger charge is -2.14. The minimum absolute atomic E-state index is 0.151. The van der Waals surface area contributed by atoms with Gasteiger partial charge in [-0.2, -0.15) is 10.1 Å². The summed E-state index contributed by atoms with van der Waals surface area (Å²) in [5.74, 6) is 0.377. The highest BCUT2D eigenvalue weighted by Gasteiger charge is 2.24. The molecule has 4 heterocycles. The fraction of sp³-hybridized carbons (Fsp3) is 0.450. The number of hydrogen-bond donors (Lipinski definition) is 0. The van der Waals surface area contributed by atoms with Gasteiger partial charge in [0.25, 0.3) is 5.91 Å². The molecule has 29 heavy (non-hydrogen) atoms. The maximum atomic E-state index is 13.0. The van der Waals surface area contributed by atoms with Crippen LogP contribution in [-0.2, 0) is 13.5 Å². The first kappa shape index (κ1) is 19.1. The lowest BCUT2D eigenvalue weighted by Crippen LogP contribution is -2.28. The molecule has 0 spiro atoms. The van der Waals surface area contributed by atoms with Crippen molar-refractivity contribution in [2.24, 2.45) is 7.05 Å². The Morgan fingerprint density at radius 2 is 2.00 bits per heavy atom. The summed E-state index contributed by atoms with van der Waals surface area (Å²) < 4.78 is 3.21. The van der Waals surface area contributed by atoms with Crippen LogP contribution in [-0.4, -0.2) is 67.7 Å². The van der Waals surface area contributed by atoms with E-state index in [1.165, 1.54) is 10.9 Å². The van der Waals surface area contributed by atoms with Gasteiger partial charge in [0.05, 0.1) is 11.8 Å². The maximum absolute atomic E-state index is 13.0. The number of anilines is 1. The number of aryl methyl sites for hydroxylation is 1. The first-order valence-electron chi connectivity index (χ1n) is 9.89. The maximum Gasteiger partial charge on any atom is 0.257 e. The average Bonchev–Trinajstić information content (AvgIpc) is 3.45. The van der Waals surface area contributed by atoms with Crippen molar-refractivity contribution < 1.29 is 9.59 Å². The van der Waals surface area contributed by atoms with E-state index in [0.717, 1.165) is 37.4 Å². The highest BCUT2D eigenvalue weighted by molar-refractivity contribution is 6.07. The summed E-state index contributed by atoms with van der Waals surface area (Å²) in [5.41, 5.74) is 2.20. The summed E-state index contributed by atoms with van der Waals surface area (Å²) in [7, 11) is 3.39. The topological polar surface area (TPSA) is 88.6 Å². The second-order valence-electron chi connectivity index (χ2n) is 7.39. The standard InChI is InChI=1S/C20H25N7O2/c1-4-24(2)19(29)15-13-21-25(3)18(15)16(28)11-14-7-10-27-17(12-14)22-20(23-27)26-8-5-6-9-26/h7,10,12-13H,4-6,8-9,11H2,1-3H3. The quantitative estimate of drug-likeness (QED) is 0.589. The monoisotopic (exact) mass is 395 g/mol. The van der Waals surface area contributed by atoms with Crippen LogP contribution in [0.2, 0.25) is 0 Å². The van der Waals surface area contributed by atoms with Crippen LogP contribution < -0.4 is 4.90 Å². The van der Waals surface area contributed by atoms with E-state index < -0.39 is 0 Å². The molecular formula is C20H25N7O2. The number of fused-ring (bicyclic) bond motifs is 1. The number of pyridine rings is 1. The Hall–Kier alpha value is -3.23. The first-order chi connectivity index (χ1) is 14.0. The highest BCUT2D eigenvalue weighted by Crippen LogP contribution is 2.19. The molecular weight excluding hydrogens is 370 g/mol. The molecule has 9 nitrogen and oxygen atoms in total. The number of Topliss-reactive ketones (excluding diaryl/α,β-unsaturated/α-hetero) is 1. The normalized spacial score (nSPS) is 14.0. The van der Waals surface area contributed by atoms with E-state index in [4.69, 9.17) is 0 Å². The van der Waals surface area contributed by atoms with Gasteiger partial charge in [-0.15, -0.1) is 5.10 Å². The van der Waals surface area contributed by atoms with Gasteiger partial charge in [0, 0.05) is 46.3 Å². The number of amides is 1. The van der Waals surface area contributed by atoms with Crippen LogP contribution in [0.3, 0.4) is 0 Å². The third-order valence-corrected chi connectivity index (χ3v) is 5.40. The number of carbonyl (C=O) groups is 2. The van der Waals surface area contributed by atoms with Crippen LogP contribution in [0.15, 0.2) is 24.5 Å². The Morgan fingerprint density at radius 1 is 1.24 bits per heavy atom. The zero-order chi connectivity index (χ0) is 20.5. The number of rotatable bonds is 6. The first-order valence-corrected chi connectivity index (χ1v) is 9.89. The molecule has 9 heteroatoms. The molecule has 0 N–H and O–H groups in total. The van der Waals surface area contributed by atoms with Crippen LogP contribution >= 0.6 is 0 Å². The number of aromatic nitrogens is 5. The second-order valence-corrected chi connectivity index (χ2v) is 7.39. The molecule has 3 aromatic heterocycles. The molecule has 4 rings (SSSR count). The van der Waals surface area contributed by atoms with Crippen molar-refractivity contribution in [3.8, 4) is 0 Å². The van der Waals surface area contributed by atoms with Crippen molar-refractivity contribution >= 4 is 23.3 Å².